The zero-order chi connectivity index (χ0) is 26.1. The number of anilines is 1. The lowest BCUT2D eigenvalue weighted by atomic mass is 10.1. The van der Waals surface area contributed by atoms with Gasteiger partial charge in [0.05, 0.1) is 26.5 Å². The molecule has 3 rings (SSSR count). The van der Waals surface area contributed by atoms with Crippen molar-refractivity contribution in [3.8, 4) is 11.5 Å². The highest BCUT2D eigenvalue weighted by Gasteiger charge is 2.14. The molecule has 0 aliphatic rings. The molecule has 190 valence electrons. The maximum absolute atomic E-state index is 12.5. The van der Waals surface area contributed by atoms with Crippen LogP contribution in [0.3, 0.4) is 0 Å². The Morgan fingerprint density at radius 3 is 2.44 bits per heavy atom. The third kappa shape index (κ3) is 6.88. The van der Waals surface area contributed by atoms with Gasteiger partial charge in [0.25, 0.3) is 0 Å². The van der Waals surface area contributed by atoms with Gasteiger partial charge >= 0.3 is 0 Å². The van der Waals surface area contributed by atoms with Gasteiger partial charge in [-0.3, -0.25) is 9.59 Å². The summed E-state index contributed by atoms with van der Waals surface area (Å²) < 4.78 is 12.4. The SMILES string of the molecule is CCn1c(CNC(=O)/C=C/c2ccc(OC)c(OC)c2)nnc1SCC(=O)Nc1c(C)cccc1C. The van der Waals surface area contributed by atoms with Gasteiger partial charge < -0.3 is 24.7 Å². The van der Waals surface area contributed by atoms with Crippen molar-refractivity contribution in [3.63, 3.8) is 0 Å². The summed E-state index contributed by atoms with van der Waals surface area (Å²) in [5.74, 6) is 1.64. The fourth-order valence-corrected chi connectivity index (χ4v) is 4.37. The second kappa shape index (κ2) is 12.8. The molecule has 2 N–H and O–H groups in total. The van der Waals surface area contributed by atoms with Gasteiger partial charge in [0, 0.05) is 18.3 Å². The van der Waals surface area contributed by atoms with Gasteiger partial charge in [0.15, 0.2) is 22.5 Å². The molecule has 10 heteroatoms. The predicted molar refractivity (Wildman–Crippen MR) is 141 cm³/mol. The van der Waals surface area contributed by atoms with Crippen molar-refractivity contribution in [2.45, 2.75) is 39.0 Å². The van der Waals surface area contributed by atoms with E-state index in [4.69, 9.17) is 9.47 Å². The molecule has 1 heterocycles. The molecule has 0 aliphatic heterocycles. The number of methoxy groups -OCH3 is 2. The van der Waals surface area contributed by atoms with E-state index in [1.165, 1.54) is 17.8 Å². The lowest BCUT2D eigenvalue weighted by molar-refractivity contribution is -0.116. The van der Waals surface area contributed by atoms with Crippen LogP contribution in [0.1, 0.15) is 29.4 Å². The molecule has 0 saturated heterocycles. The Hall–Kier alpha value is -3.79. The number of thioether (sulfide) groups is 1. The standard InChI is InChI=1S/C26H31N5O4S/c1-6-31-22(15-27-23(32)13-11-19-10-12-20(34-4)21(14-19)35-5)29-30-26(31)36-16-24(33)28-25-17(2)8-7-9-18(25)3/h7-14H,6,15-16H2,1-5H3,(H,27,32)(H,28,33)/b13-11+. The minimum atomic E-state index is -0.266. The number of carbonyl (C=O) groups excluding carboxylic acids is 2. The molecular formula is C26H31N5O4S. The number of nitrogens with zero attached hydrogens (tertiary/aromatic N) is 3. The summed E-state index contributed by atoms with van der Waals surface area (Å²) in [6.45, 7) is 6.72. The molecule has 0 unspecified atom stereocenters. The number of hydrogen-bond acceptors (Lipinski definition) is 7. The Morgan fingerprint density at radius 1 is 1.06 bits per heavy atom. The lowest BCUT2D eigenvalue weighted by Crippen LogP contribution is -2.22. The number of para-hydroxylation sites is 1. The van der Waals surface area contributed by atoms with E-state index in [0.717, 1.165) is 22.4 Å². The summed E-state index contributed by atoms with van der Waals surface area (Å²) in [5, 5.41) is 14.8. The number of ether oxygens (including phenoxy) is 2. The molecule has 0 saturated carbocycles. The maximum Gasteiger partial charge on any atom is 0.244 e. The summed E-state index contributed by atoms with van der Waals surface area (Å²) in [5.41, 5.74) is 3.67. The van der Waals surface area contributed by atoms with Crippen molar-refractivity contribution in [2.24, 2.45) is 0 Å². The average molecular weight is 510 g/mol. The Balaban J connectivity index is 1.55. The van der Waals surface area contributed by atoms with Crippen molar-refractivity contribution in [2.75, 3.05) is 25.3 Å². The first kappa shape index (κ1) is 26.8. The second-order valence-corrected chi connectivity index (χ2v) is 8.85. The normalized spacial score (nSPS) is 10.9. The molecule has 0 atom stereocenters. The summed E-state index contributed by atoms with van der Waals surface area (Å²) in [6, 6.07) is 11.3. The topological polar surface area (TPSA) is 107 Å². The van der Waals surface area contributed by atoms with Crippen LogP contribution in [0.2, 0.25) is 0 Å². The van der Waals surface area contributed by atoms with E-state index in [1.807, 2.05) is 49.6 Å². The van der Waals surface area contributed by atoms with Crippen LogP contribution in [0.5, 0.6) is 11.5 Å². The molecule has 9 nitrogen and oxygen atoms in total. The average Bonchev–Trinajstić information content (AvgIpc) is 3.28. The van der Waals surface area contributed by atoms with Gasteiger partial charge in [-0.05, 0) is 55.7 Å². The number of carbonyl (C=O) groups is 2. The van der Waals surface area contributed by atoms with Gasteiger partial charge in [-0.15, -0.1) is 10.2 Å². The summed E-state index contributed by atoms with van der Waals surface area (Å²) in [6.07, 6.45) is 3.14. The third-order valence-electron chi connectivity index (χ3n) is 5.44. The first-order chi connectivity index (χ1) is 17.4. The van der Waals surface area contributed by atoms with E-state index in [9.17, 15) is 9.59 Å². The summed E-state index contributed by atoms with van der Waals surface area (Å²) in [7, 11) is 3.13. The molecule has 0 spiro atoms. The van der Waals surface area contributed by atoms with Crippen molar-refractivity contribution < 1.29 is 19.1 Å². The Labute approximate surface area is 215 Å². The molecule has 0 bridgehead atoms. The summed E-state index contributed by atoms with van der Waals surface area (Å²) in [4.78, 5) is 24.9. The second-order valence-electron chi connectivity index (χ2n) is 7.91. The monoisotopic (exact) mass is 509 g/mol. The quantitative estimate of drug-likeness (QED) is 0.297. The molecule has 0 radical (unpaired) electrons. The van der Waals surface area contributed by atoms with E-state index in [0.29, 0.717) is 29.0 Å². The van der Waals surface area contributed by atoms with Gasteiger partial charge in [-0.25, -0.2) is 0 Å². The van der Waals surface area contributed by atoms with Crippen LogP contribution >= 0.6 is 11.8 Å². The molecule has 36 heavy (non-hydrogen) atoms. The van der Waals surface area contributed by atoms with Crippen LogP contribution in [0.4, 0.5) is 5.69 Å². The van der Waals surface area contributed by atoms with Crippen LogP contribution in [0.25, 0.3) is 6.08 Å². The van der Waals surface area contributed by atoms with E-state index in [2.05, 4.69) is 20.8 Å². The highest BCUT2D eigenvalue weighted by atomic mass is 32.2. The minimum absolute atomic E-state index is 0.113. The van der Waals surface area contributed by atoms with Crippen molar-refractivity contribution in [1.82, 2.24) is 20.1 Å². The fraction of sp³-hybridized carbons (Fsp3) is 0.308. The molecule has 0 fully saturated rings. The lowest BCUT2D eigenvalue weighted by Gasteiger charge is -2.11. The van der Waals surface area contributed by atoms with Gasteiger partial charge in [-0.2, -0.15) is 0 Å². The number of hydrogen-bond donors (Lipinski definition) is 2. The number of aryl methyl sites for hydroxylation is 2. The van der Waals surface area contributed by atoms with Gasteiger partial charge in [-0.1, -0.05) is 36.0 Å². The highest BCUT2D eigenvalue weighted by molar-refractivity contribution is 7.99. The number of amides is 2. The first-order valence-electron chi connectivity index (χ1n) is 11.4. The smallest absolute Gasteiger partial charge is 0.244 e. The van der Waals surface area contributed by atoms with E-state index >= 15 is 0 Å². The van der Waals surface area contributed by atoms with Gasteiger partial charge in [0.1, 0.15) is 0 Å². The van der Waals surface area contributed by atoms with Crippen molar-refractivity contribution >= 4 is 35.3 Å². The fourth-order valence-electron chi connectivity index (χ4n) is 3.54. The number of benzene rings is 2. The third-order valence-corrected chi connectivity index (χ3v) is 6.41. The molecular weight excluding hydrogens is 478 g/mol. The zero-order valence-electron chi connectivity index (χ0n) is 21.1. The van der Waals surface area contributed by atoms with E-state index in [1.54, 1.807) is 32.4 Å². The molecule has 3 aromatic rings. The zero-order valence-corrected chi connectivity index (χ0v) is 21.9. The van der Waals surface area contributed by atoms with Gasteiger partial charge in [0.2, 0.25) is 11.8 Å². The number of aromatic nitrogens is 3. The molecule has 2 aromatic carbocycles. The molecule has 2 amide bonds. The largest absolute Gasteiger partial charge is 0.493 e. The van der Waals surface area contributed by atoms with Crippen LogP contribution in [-0.2, 0) is 22.7 Å². The van der Waals surface area contributed by atoms with E-state index in [-0.39, 0.29) is 24.1 Å². The van der Waals surface area contributed by atoms with Crippen LogP contribution < -0.4 is 20.1 Å². The van der Waals surface area contributed by atoms with Crippen LogP contribution in [-0.4, -0.2) is 46.6 Å². The van der Waals surface area contributed by atoms with Crippen molar-refractivity contribution in [3.05, 3.63) is 65.0 Å². The Kier molecular flexibility index (Phi) is 9.52. The predicted octanol–water partition coefficient (Wildman–Crippen LogP) is 3.99. The highest BCUT2D eigenvalue weighted by Crippen LogP contribution is 2.28. The Morgan fingerprint density at radius 2 is 1.78 bits per heavy atom. The Bertz CT molecular complexity index is 1230. The number of nitrogens with one attached hydrogen (secondary N) is 2. The van der Waals surface area contributed by atoms with E-state index < -0.39 is 0 Å². The van der Waals surface area contributed by atoms with Crippen LogP contribution in [0.15, 0.2) is 47.6 Å². The molecule has 1 aromatic heterocycles. The molecule has 0 aliphatic carbocycles. The van der Waals surface area contributed by atoms with Crippen molar-refractivity contribution in [1.29, 1.82) is 0 Å². The summed E-state index contributed by atoms with van der Waals surface area (Å²) >= 11 is 1.31. The maximum atomic E-state index is 12.5. The first-order valence-corrected chi connectivity index (χ1v) is 12.4. The minimum Gasteiger partial charge on any atom is -0.493 e. The van der Waals surface area contributed by atoms with Crippen LogP contribution in [0, 0.1) is 13.8 Å². The number of rotatable bonds is 11.